The topological polar surface area (TPSA) is 169 Å². The van der Waals surface area contributed by atoms with Gasteiger partial charge in [-0.15, -0.1) is 0 Å². The minimum absolute atomic E-state index is 0.252. The highest BCUT2D eigenvalue weighted by Gasteiger charge is 2.44. The van der Waals surface area contributed by atoms with Crippen LogP contribution in [0.1, 0.15) is 232 Å². The highest BCUT2D eigenvalue weighted by Crippen LogP contribution is 2.24. The van der Waals surface area contributed by atoms with Gasteiger partial charge in [-0.05, 0) is 12.8 Å². The molecule has 1 rings (SSSR count). The molecule has 0 radical (unpaired) electrons. The van der Waals surface area contributed by atoms with Gasteiger partial charge in [0.2, 0.25) is 5.91 Å². The van der Waals surface area contributed by atoms with Gasteiger partial charge in [-0.1, -0.05) is 238 Å². The average Bonchev–Trinajstić information content (AvgIpc) is 3.24. The summed E-state index contributed by atoms with van der Waals surface area (Å²) in [6.07, 6.45) is 32.8. The predicted molar refractivity (Wildman–Crippen MR) is 259 cm³/mol. The number of unbranched alkanes of at least 4 members (excludes halogenated alkanes) is 31. The van der Waals surface area contributed by atoms with E-state index in [1.807, 2.05) is 0 Å². The molecule has 0 bridgehead atoms. The van der Waals surface area contributed by atoms with Gasteiger partial charge >= 0.3 is 0 Å². The van der Waals surface area contributed by atoms with Crippen molar-refractivity contribution in [2.24, 2.45) is 0 Å². The Bertz CT molecular complexity index is 1000. The van der Waals surface area contributed by atoms with Crippen LogP contribution in [0.4, 0.5) is 0 Å². The monoisotopic (exact) mass is 902 g/mol. The Labute approximate surface area is 382 Å². The van der Waals surface area contributed by atoms with Crippen LogP contribution in [0, 0.1) is 0 Å². The molecule has 370 valence electrons. The van der Waals surface area contributed by atoms with Crippen molar-refractivity contribution < 1.29 is 44.9 Å². The smallest absolute Gasteiger partial charge is 0.220 e. The van der Waals surface area contributed by atoms with E-state index >= 15 is 0 Å². The van der Waals surface area contributed by atoms with E-state index in [2.05, 4.69) is 31.9 Å². The molecule has 0 saturated carbocycles. The molecule has 1 aliphatic heterocycles. The van der Waals surface area contributed by atoms with E-state index in [0.29, 0.717) is 6.42 Å². The molecule has 1 unspecified atom stereocenters. The van der Waals surface area contributed by atoms with Gasteiger partial charge in [0.25, 0.3) is 0 Å². The maximum absolute atomic E-state index is 13.0. The van der Waals surface area contributed by atoms with Crippen LogP contribution in [-0.4, -0.2) is 107 Å². The number of carbonyl (C=O) groups excluding carboxylic acids is 1. The van der Waals surface area contributed by atoms with Crippen molar-refractivity contribution in [3.05, 3.63) is 0 Å². The first-order valence-electron chi connectivity index (χ1n) is 26.5. The van der Waals surface area contributed by atoms with E-state index in [1.54, 1.807) is 0 Å². The van der Waals surface area contributed by atoms with Crippen LogP contribution in [0.2, 0.25) is 25.7 Å². The summed E-state index contributed by atoms with van der Waals surface area (Å²) in [5.74, 6) is -0.252. The second-order valence-electron chi connectivity index (χ2n) is 20.4. The summed E-state index contributed by atoms with van der Waals surface area (Å²) < 4.78 is 11.2. The summed E-state index contributed by atoms with van der Waals surface area (Å²) in [5.41, 5.74) is 0. The van der Waals surface area contributed by atoms with Crippen LogP contribution in [0.5, 0.6) is 0 Å². The lowest BCUT2D eigenvalue weighted by molar-refractivity contribution is -0.303. The lowest BCUT2D eigenvalue weighted by Gasteiger charge is -2.40. The lowest BCUT2D eigenvalue weighted by atomic mass is 9.98. The number of aliphatic hydroxyl groups is 6. The van der Waals surface area contributed by atoms with Crippen LogP contribution in [0.15, 0.2) is 0 Å². The number of aliphatic hydroxyl groups excluding tert-OH is 6. The maximum atomic E-state index is 13.0. The van der Waals surface area contributed by atoms with Crippen molar-refractivity contribution in [2.75, 3.05) is 13.2 Å². The van der Waals surface area contributed by atoms with Crippen molar-refractivity contribution in [1.82, 2.24) is 5.32 Å². The highest BCUT2D eigenvalue weighted by atomic mass is 28.3. The van der Waals surface area contributed by atoms with Gasteiger partial charge in [-0.3, -0.25) is 4.79 Å². The molecule has 7 N–H and O–H groups in total. The number of ether oxygens (including phenoxy) is 2. The first-order valence-corrected chi connectivity index (χ1v) is 30.2. The molecule has 1 aliphatic rings. The van der Waals surface area contributed by atoms with Gasteiger partial charge in [0.05, 0.1) is 25.4 Å². The molecule has 11 heteroatoms. The van der Waals surface area contributed by atoms with Crippen molar-refractivity contribution in [1.29, 1.82) is 0 Å². The molecule has 0 aromatic carbocycles. The summed E-state index contributed by atoms with van der Waals surface area (Å²) in [4.78, 5) is 13.0. The molecular formula is C51H103NO9Si. The van der Waals surface area contributed by atoms with Crippen molar-refractivity contribution in [3.63, 3.8) is 0 Å². The minimum Gasteiger partial charge on any atom is -0.394 e. The Morgan fingerprint density at radius 1 is 0.565 bits per heavy atom. The van der Waals surface area contributed by atoms with E-state index in [4.69, 9.17) is 9.47 Å². The van der Waals surface area contributed by atoms with Crippen LogP contribution < -0.4 is 5.32 Å². The zero-order chi connectivity index (χ0) is 45.7. The maximum Gasteiger partial charge on any atom is 0.220 e. The molecule has 62 heavy (non-hydrogen) atoms. The normalized spacial score (nSPS) is 21.0. The van der Waals surface area contributed by atoms with Gasteiger partial charge < -0.3 is 45.4 Å². The van der Waals surface area contributed by atoms with Gasteiger partial charge in [0.1, 0.15) is 30.5 Å². The fraction of sp³-hybridized carbons (Fsp3) is 0.980. The van der Waals surface area contributed by atoms with Crippen molar-refractivity contribution in [2.45, 2.75) is 306 Å². The molecule has 8 atom stereocenters. The highest BCUT2D eigenvalue weighted by molar-refractivity contribution is 6.76. The van der Waals surface area contributed by atoms with Crippen LogP contribution >= 0.6 is 0 Å². The molecule has 10 nitrogen and oxygen atoms in total. The minimum atomic E-state index is -1.60. The van der Waals surface area contributed by atoms with Crippen LogP contribution in [0.3, 0.4) is 0 Å². The SMILES string of the molecule is CCCCCCCCCCCCCC[C@@H](O)[C@@H](O)C(CO[C@H]1O[C@H](CO)[C@H](O)[C@H](O)[C@H]1O)NC(=O)CCCCCCCCCCCCCCCCCCCCCCC[Si](C)(C)C. The quantitative estimate of drug-likeness (QED) is 0.0232. The van der Waals surface area contributed by atoms with Gasteiger partial charge in [-0.25, -0.2) is 0 Å². The number of hydrogen-bond donors (Lipinski definition) is 7. The Morgan fingerprint density at radius 3 is 1.35 bits per heavy atom. The second-order valence-corrected chi connectivity index (χ2v) is 26.0. The summed E-state index contributed by atoms with van der Waals surface area (Å²) in [5, 5.41) is 65.3. The van der Waals surface area contributed by atoms with E-state index < -0.39 is 63.6 Å². The van der Waals surface area contributed by atoms with E-state index in [-0.39, 0.29) is 18.9 Å². The van der Waals surface area contributed by atoms with Crippen LogP contribution in [0.25, 0.3) is 0 Å². The Hall–Kier alpha value is -0.633. The first kappa shape index (κ1) is 59.4. The van der Waals surface area contributed by atoms with E-state index in [0.717, 1.165) is 38.5 Å². The van der Waals surface area contributed by atoms with Gasteiger partial charge in [0, 0.05) is 14.5 Å². The number of amides is 1. The number of nitrogens with one attached hydrogen (secondary N) is 1. The van der Waals surface area contributed by atoms with Gasteiger partial charge in [0.15, 0.2) is 6.29 Å². The number of carbonyl (C=O) groups is 1. The van der Waals surface area contributed by atoms with Gasteiger partial charge in [-0.2, -0.15) is 0 Å². The van der Waals surface area contributed by atoms with Crippen molar-refractivity contribution >= 4 is 14.0 Å². The standard InChI is InChI=1S/C51H103NO9Si/c1-5-6-7-8-9-10-11-23-26-29-32-35-38-44(54)47(56)43(42-60-51-50(59)49(58)48(57)45(41-53)61-51)52-46(55)39-36-33-30-27-24-21-19-17-15-13-12-14-16-18-20-22-25-28-31-34-37-40-62(2,3)4/h43-45,47-51,53-54,56-59H,5-42H2,1-4H3,(H,52,55)/t43?,44-,45-,47+,48+,49+,50-,51+/m1/s1. The van der Waals surface area contributed by atoms with E-state index in [9.17, 15) is 35.4 Å². The average molecular weight is 902 g/mol. The molecule has 0 spiro atoms. The van der Waals surface area contributed by atoms with Crippen LogP contribution in [-0.2, 0) is 14.3 Å². The molecule has 1 amide bonds. The van der Waals surface area contributed by atoms with E-state index in [1.165, 1.54) is 179 Å². The number of hydrogen-bond acceptors (Lipinski definition) is 9. The Balaban J connectivity index is 2.24. The Kier molecular flexibility index (Phi) is 37.9. The molecule has 1 heterocycles. The lowest BCUT2D eigenvalue weighted by Crippen LogP contribution is -2.60. The summed E-state index contributed by atoms with van der Waals surface area (Å²) >= 11 is 0. The molecule has 1 fully saturated rings. The first-order chi connectivity index (χ1) is 29.9. The fourth-order valence-corrected chi connectivity index (χ4v) is 10.2. The zero-order valence-corrected chi connectivity index (χ0v) is 41.9. The zero-order valence-electron chi connectivity index (χ0n) is 40.9. The molecule has 0 aromatic heterocycles. The third kappa shape index (κ3) is 32.1. The second kappa shape index (κ2) is 39.5. The summed E-state index contributed by atoms with van der Waals surface area (Å²) in [6, 6.07) is 0.507. The largest absolute Gasteiger partial charge is 0.394 e. The predicted octanol–water partition coefficient (Wildman–Crippen LogP) is 11.0. The Morgan fingerprint density at radius 2 is 0.952 bits per heavy atom. The summed E-state index contributed by atoms with van der Waals surface area (Å²) in [6.45, 7) is 8.80. The number of rotatable bonds is 44. The molecule has 1 saturated heterocycles. The summed E-state index contributed by atoms with van der Waals surface area (Å²) in [7, 11) is -0.839. The molecular weight excluding hydrogens is 799 g/mol. The third-order valence-electron chi connectivity index (χ3n) is 13.1. The fourth-order valence-electron chi connectivity index (χ4n) is 8.84. The molecule has 0 aliphatic carbocycles. The third-order valence-corrected chi connectivity index (χ3v) is 15.0. The molecule has 0 aromatic rings. The van der Waals surface area contributed by atoms with Crippen molar-refractivity contribution in [3.8, 4) is 0 Å².